The van der Waals surface area contributed by atoms with Gasteiger partial charge in [-0.1, -0.05) is 6.07 Å². The number of esters is 1. The standard InChI is InChI=1S/C29H38F2N2O7/c1-4-36-29(37-5-2)39-15-7-6-14-38-27(35)18-26(34)22-16-24(31)25(17-23(22)30)33-13-9-11-21(33)19-40-28-20(3)10-8-12-32-28/h8,10,12,16-17,21,29H,4-7,9,11,13-15,18-19H2,1-3H3/t21-/m1/s1. The van der Waals surface area contributed by atoms with Gasteiger partial charge in [-0.3, -0.25) is 9.59 Å². The number of ketones is 1. The summed E-state index contributed by atoms with van der Waals surface area (Å²) >= 11 is 0. The highest BCUT2D eigenvalue weighted by Crippen LogP contribution is 2.31. The summed E-state index contributed by atoms with van der Waals surface area (Å²) in [6.45, 7) is 6.89. The molecule has 9 nitrogen and oxygen atoms in total. The van der Waals surface area contributed by atoms with E-state index >= 15 is 4.39 Å². The summed E-state index contributed by atoms with van der Waals surface area (Å²) in [5.74, 6) is -2.79. The van der Waals surface area contributed by atoms with Crippen molar-refractivity contribution in [3.8, 4) is 5.88 Å². The Morgan fingerprint density at radius 1 is 1.07 bits per heavy atom. The van der Waals surface area contributed by atoms with E-state index in [1.54, 1.807) is 11.1 Å². The first-order valence-electron chi connectivity index (χ1n) is 13.7. The van der Waals surface area contributed by atoms with Crippen molar-refractivity contribution in [3.05, 3.63) is 53.2 Å². The molecule has 3 rings (SSSR count). The Balaban J connectivity index is 1.48. The zero-order valence-electron chi connectivity index (χ0n) is 23.3. The maximum absolute atomic E-state index is 15.1. The lowest BCUT2D eigenvalue weighted by atomic mass is 10.1. The summed E-state index contributed by atoms with van der Waals surface area (Å²) in [6.07, 6.45) is 3.53. The molecule has 1 atom stereocenters. The van der Waals surface area contributed by atoms with Gasteiger partial charge in [-0.2, -0.15) is 0 Å². The number of hydrogen-bond donors (Lipinski definition) is 0. The smallest absolute Gasteiger partial charge is 0.313 e. The molecule has 0 spiro atoms. The van der Waals surface area contributed by atoms with E-state index in [9.17, 15) is 14.0 Å². The summed E-state index contributed by atoms with van der Waals surface area (Å²) < 4.78 is 56.9. The van der Waals surface area contributed by atoms with Crippen molar-refractivity contribution in [2.75, 3.05) is 44.5 Å². The van der Waals surface area contributed by atoms with E-state index < -0.39 is 41.8 Å². The number of Topliss-reactive ketones (excluding diaryl/α,β-unsaturated/α-hetero) is 1. The van der Waals surface area contributed by atoms with Gasteiger partial charge in [0.2, 0.25) is 5.88 Å². The zero-order chi connectivity index (χ0) is 28.9. The number of carbonyl (C=O) groups is 2. The van der Waals surface area contributed by atoms with Crippen LogP contribution in [-0.4, -0.2) is 68.8 Å². The number of aromatic nitrogens is 1. The van der Waals surface area contributed by atoms with E-state index in [0.29, 0.717) is 45.1 Å². The van der Waals surface area contributed by atoms with E-state index in [4.69, 9.17) is 23.7 Å². The van der Waals surface area contributed by atoms with Crippen LogP contribution < -0.4 is 9.64 Å². The molecule has 2 aromatic rings. The molecule has 1 saturated heterocycles. The lowest BCUT2D eigenvalue weighted by Crippen LogP contribution is -2.35. The Labute approximate surface area is 233 Å². The molecular weight excluding hydrogens is 526 g/mol. The minimum Gasteiger partial charge on any atom is -0.475 e. The molecule has 0 saturated carbocycles. The van der Waals surface area contributed by atoms with Crippen LogP contribution in [-0.2, 0) is 23.7 Å². The predicted octanol–water partition coefficient (Wildman–Crippen LogP) is 4.99. The van der Waals surface area contributed by atoms with Gasteiger partial charge in [0, 0.05) is 37.6 Å². The van der Waals surface area contributed by atoms with Gasteiger partial charge in [0.1, 0.15) is 24.7 Å². The Kier molecular flexibility index (Phi) is 12.7. The average molecular weight is 565 g/mol. The van der Waals surface area contributed by atoms with Crippen LogP contribution in [0.5, 0.6) is 5.88 Å². The maximum atomic E-state index is 15.1. The zero-order valence-corrected chi connectivity index (χ0v) is 23.3. The van der Waals surface area contributed by atoms with Gasteiger partial charge in [0.15, 0.2) is 5.78 Å². The van der Waals surface area contributed by atoms with Gasteiger partial charge in [-0.15, -0.1) is 0 Å². The molecule has 0 N–H and O–H groups in total. The average Bonchev–Trinajstić information content (AvgIpc) is 3.39. The number of ether oxygens (including phenoxy) is 5. The summed E-state index contributed by atoms with van der Waals surface area (Å²) in [5.41, 5.74) is 0.451. The number of rotatable bonds is 17. The molecule has 11 heteroatoms. The molecule has 0 amide bonds. The van der Waals surface area contributed by atoms with E-state index in [2.05, 4.69) is 4.98 Å². The van der Waals surface area contributed by atoms with Crippen LogP contribution in [0.4, 0.5) is 14.5 Å². The normalized spacial score (nSPS) is 15.1. The first-order valence-corrected chi connectivity index (χ1v) is 13.7. The van der Waals surface area contributed by atoms with Crippen LogP contribution in [0.15, 0.2) is 30.5 Å². The van der Waals surface area contributed by atoms with Gasteiger partial charge in [-0.25, -0.2) is 13.8 Å². The van der Waals surface area contributed by atoms with E-state index in [-0.39, 0.29) is 24.9 Å². The number of aryl methyl sites for hydroxylation is 1. The molecule has 1 fully saturated rings. The SMILES string of the molecule is CCOC(OCC)OCCCCOC(=O)CC(=O)c1cc(F)c(N2CCC[C@@H]2COc2ncccc2C)cc1F. The fourth-order valence-electron chi connectivity index (χ4n) is 4.36. The largest absolute Gasteiger partial charge is 0.475 e. The van der Waals surface area contributed by atoms with Crippen molar-refractivity contribution >= 4 is 17.4 Å². The molecule has 0 radical (unpaired) electrons. The summed E-state index contributed by atoms with van der Waals surface area (Å²) in [4.78, 5) is 30.6. The molecule has 0 aliphatic carbocycles. The topological polar surface area (TPSA) is 96.4 Å². The third-order valence-electron chi connectivity index (χ3n) is 6.36. The van der Waals surface area contributed by atoms with Gasteiger partial charge in [0.25, 0.3) is 6.48 Å². The molecular formula is C29H38F2N2O7. The number of unbranched alkanes of at least 4 members (excludes halogenated alkanes) is 1. The quantitative estimate of drug-likeness (QED) is 0.0866. The number of anilines is 1. The van der Waals surface area contributed by atoms with Crippen LogP contribution >= 0.6 is 0 Å². The van der Waals surface area contributed by atoms with Crippen molar-refractivity contribution in [2.45, 2.75) is 65.4 Å². The number of hydrogen-bond acceptors (Lipinski definition) is 9. The Morgan fingerprint density at radius 2 is 1.82 bits per heavy atom. The van der Waals surface area contributed by atoms with Crippen molar-refractivity contribution in [3.63, 3.8) is 0 Å². The van der Waals surface area contributed by atoms with Crippen molar-refractivity contribution in [1.82, 2.24) is 4.98 Å². The second-order valence-electron chi connectivity index (χ2n) is 9.31. The second kappa shape index (κ2) is 16.2. The highest BCUT2D eigenvalue weighted by molar-refractivity contribution is 6.06. The molecule has 1 aromatic heterocycles. The molecule has 2 heterocycles. The lowest BCUT2D eigenvalue weighted by molar-refractivity contribution is -0.284. The number of halogens is 2. The number of benzene rings is 1. The summed E-state index contributed by atoms with van der Waals surface area (Å²) in [7, 11) is 0. The van der Waals surface area contributed by atoms with Crippen LogP contribution in [0.2, 0.25) is 0 Å². The van der Waals surface area contributed by atoms with Crippen molar-refractivity contribution in [1.29, 1.82) is 0 Å². The lowest BCUT2D eigenvalue weighted by Gasteiger charge is -2.27. The highest BCUT2D eigenvalue weighted by Gasteiger charge is 2.29. The molecule has 0 bridgehead atoms. The third kappa shape index (κ3) is 9.21. The first kappa shape index (κ1) is 31.4. The molecule has 1 aliphatic rings. The van der Waals surface area contributed by atoms with Crippen molar-refractivity contribution < 1.29 is 42.1 Å². The Hall–Kier alpha value is -3.15. The van der Waals surface area contributed by atoms with E-state index in [1.807, 2.05) is 32.9 Å². The molecule has 0 unspecified atom stereocenters. The number of carbonyl (C=O) groups excluding carboxylic acids is 2. The van der Waals surface area contributed by atoms with Crippen LogP contribution in [0.3, 0.4) is 0 Å². The molecule has 220 valence electrons. The first-order chi connectivity index (χ1) is 19.3. The number of nitrogens with zero attached hydrogens (tertiary/aromatic N) is 2. The highest BCUT2D eigenvalue weighted by atomic mass is 19.1. The number of pyridine rings is 1. The Morgan fingerprint density at radius 3 is 2.55 bits per heavy atom. The second-order valence-corrected chi connectivity index (χ2v) is 9.31. The molecule has 1 aliphatic heterocycles. The monoisotopic (exact) mass is 564 g/mol. The van der Waals surface area contributed by atoms with Crippen molar-refractivity contribution in [2.24, 2.45) is 0 Å². The predicted molar refractivity (Wildman–Crippen MR) is 143 cm³/mol. The minimum absolute atomic E-state index is 0.0543. The third-order valence-corrected chi connectivity index (χ3v) is 6.36. The van der Waals surface area contributed by atoms with E-state index in [1.165, 1.54) is 0 Å². The van der Waals surface area contributed by atoms with Crippen LogP contribution in [0.25, 0.3) is 0 Å². The molecule has 40 heavy (non-hydrogen) atoms. The van der Waals surface area contributed by atoms with Crippen LogP contribution in [0, 0.1) is 18.6 Å². The Bertz CT molecular complexity index is 1110. The summed E-state index contributed by atoms with van der Waals surface area (Å²) in [6, 6.07) is 5.38. The fraction of sp³-hybridized carbons (Fsp3) is 0.552. The van der Waals surface area contributed by atoms with Gasteiger partial charge in [-0.05, 0) is 58.6 Å². The fourth-order valence-corrected chi connectivity index (χ4v) is 4.36. The van der Waals surface area contributed by atoms with E-state index in [0.717, 1.165) is 30.5 Å². The maximum Gasteiger partial charge on any atom is 0.313 e. The minimum atomic E-state index is -0.892. The molecule has 1 aromatic carbocycles. The summed E-state index contributed by atoms with van der Waals surface area (Å²) in [5, 5.41) is 0. The van der Waals surface area contributed by atoms with Gasteiger partial charge >= 0.3 is 5.97 Å². The van der Waals surface area contributed by atoms with Gasteiger partial charge < -0.3 is 28.6 Å². The van der Waals surface area contributed by atoms with Gasteiger partial charge in [0.05, 0.1) is 30.5 Å². The van der Waals surface area contributed by atoms with Crippen LogP contribution in [0.1, 0.15) is 61.9 Å².